The number of para-hydroxylation sites is 1. The number of ether oxygens (including phenoxy) is 2. The van der Waals surface area contributed by atoms with Crippen molar-refractivity contribution in [2.75, 3.05) is 7.11 Å². The number of hydrogen-bond acceptors (Lipinski definition) is 4. The predicted octanol–water partition coefficient (Wildman–Crippen LogP) is 4.20. The van der Waals surface area contributed by atoms with Crippen LogP contribution in [0.4, 0.5) is 0 Å². The molecule has 5 heteroatoms. The highest BCUT2D eigenvalue weighted by Crippen LogP contribution is 2.43. The molecule has 0 fully saturated rings. The van der Waals surface area contributed by atoms with Gasteiger partial charge in [-0.1, -0.05) is 39.0 Å². The molecule has 0 bridgehead atoms. The summed E-state index contributed by atoms with van der Waals surface area (Å²) >= 11 is 0. The van der Waals surface area contributed by atoms with Gasteiger partial charge in [-0.3, -0.25) is 0 Å². The Balaban J connectivity index is 2.39. The Morgan fingerprint density at radius 1 is 1.23 bits per heavy atom. The molecule has 1 atom stereocenters. The first-order valence-electron chi connectivity index (χ1n) is 7.40. The lowest BCUT2D eigenvalue weighted by Gasteiger charge is -2.39. The second-order valence-electron chi connectivity index (χ2n) is 6.96. The van der Waals surface area contributed by atoms with E-state index in [2.05, 4.69) is 33.9 Å². The second kappa shape index (κ2) is 5.89. The largest absolute Gasteiger partial charge is 0.463 e. The zero-order valence-electron chi connectivity index (χ0n) is 14.1. The molecule has 22 heavy (non-hydrogen) atoms. The number of carbonyl (C=O) groups excluding carboxylic acids is 1. The van der Waals surface area contributed by atoms with Crippen LogP contribution in [-0.2, 0) is 14.0 Å². The maximum Gasteiger partial charge on any atom is 0.373 e. The van der Waals surface area contributed by atoms with Crippen LogP contribution < -0.4 is 4.74 Å². The molecule has 0 amide bonds. The molecule has 1 aromatic carbocycles. The van der Waals surface area contributed by atoms with Gasteiger partial charge >= 0.3 is 5.97 Å². The first-order valence-corrected chi connectivity index (χ1v) is 10.3. The fourth-order valence-corrected chi connectivity index (χ4v) is 3.17. The Labute approximate surface area is 133 Å². The summed E-state index contributed by atoms with van der Waals surface area (Å²) in [4.78, 5) is 11.8. The van der Waals surface area contributed by atoms with Gasteiger partial charge < -0.3 is 13.9 Å². The van der Waals surface area contributed by atoms with E-state index >= 15 is 0 Å². The van der Waals surface area contributed by atoms with Crippen molar-refractivity contribution < 1.29 is 18.7 Å². The minimum absolute atomic E-state index is 0.0829. The molecule has 0 aliphatic carbocycles. The third kappa shape index (κ3) is 3.25. The van der Waals surface area contributed by atoms with Crippen LogP contribution >= 0.6 is 0 Å². The van der Waals surface area contributed by atoms with Gasteiger partial charge in [0.1, 0.15) is 5.75 Å². The average Bonchev–Trinajstić information content (AvgIpc) is 2.44. The smallest absolute Gasteiger partial charge is 0.373 e. The maximum absolute atomic E-state index is 11.8. The van der Waals surface area contributed by atoms with E-state index in [-0.39, 0.29) is 16.9 Å². The van der Waals surface area contributed by atoms with E-state index in [1.165, 1.54) is 7.11 Å². The van der Waals surface area contributed by atoms with E-state index in [0.717, 1.165) is 5.56 Å². The number of esters is 1. The highest BCUT2D eigenvalue weighted by atomic mass is 28.4. The van der Waals surface area contributed by atoms with Crippen LogP contribution in [0.25, 0.3) is 0 Å². The van der Waals surface area contributed by atoms with E-state index in [1.807, 2.05) is 24.3 Å². The Morgan fingerprint density at radius 2 is 1.86 bits per heavy atom. The van der Waals surface area contributed by atoms with Crippen molar-refractivity contribution in [3.05, 3.63) is 41.7 Å². The molecule has 1 aliphatic heterocycles. The van der Waals surface area contributed by atoms with Gasteiger partial charge in [-0.05, 0) is 30.3 Å². The van der Waals surface area contributed by atoms with Gasteiger partial charge in [-0.15, -0.1) is 0 Å². The minimum Gasteiger partial charge on any atom is -0.463 e. The average molecular weight is 320 g/mol. The summed E-state index contributed by atoms with van der Waals surface area (Å²) in [5, 5.41) is 0.0829. The Morgan fingerprint density at radius 3 is 2.45 bits per heavy atom. The third-order valence-corrected chi connectivity index (χ3v) is 8.82. The fraction of sp³-hybridized carbons (Fsp3) is 0.471. The monoisotopic (exact) mass is 320 g/mol. The Hall–Kier alpha value is -1.59. The molecule has 1 unspecified atom stereocenters. The van der Waals surface area contributed by atoms with Crippen LogP contribution in [0.3, 0.4) is 0 Å². The number of fused-ring (bicyclic) bond motifs is 1. The van der Waals surface area contributed by atoms with E-state index in [4.69, 9.17) is 13.9 Å². The van der Waals surface area contributed by atoms with Crippen LogP contribution in [0.15, 0.2) is 36.1 Å². The second-order valence-corrected chi connectivity index (χ2v) is 11.7. The lowest BCUT2D eigenvalue weighted by atomic mass is 10.1. The fourth-order valence-electron chi connectivity index (χ4n) is 1.99. The first kappa shape index (κ1) is 16.8. The molecule has 2 rings (SSSR count). The molecule has 0 radical (unpaired) electrons. The van der Waals surface area contributed by atoms with Gasteiger partial charge in [0, 0.05) is 5.56 Å². The van der Waals surface area contributed by atoms with Crippen LogP contribution in [0.2, 0.25) is 18.1 Å². The van der Waals surface area contributed by atoms with Crippen LogP contribution in [0.1, 0.15) is 32.4 Å². The number of carbonyl (C=O) groups is 1. The molecular weight excluding hydrogens is 296 g/mol. The standard InChI is InChI=1S/C17H24O4Si/c1-17(2,3)22(5,6)21-14-11-15(16(18)19-4)20-13-10-8-7-9-12(13)14/h7-11,14H,1-6H3. The van der Waals surface area contributed by atoms with Crippen LogP contribution in [0, 0.1) is 0 Å². The zero-order chi connectivity index (χ0) is 16.5. The van der Waals surface area contributed by atoms with Crippen molar-refractivity contribution in [1.29, 1.82) is 0 Å². The summed E-state index contributed by atoms with van der Waals surface area (Å²) in [6, 6.07) is 7.63. The molecule has 120 valence electrons. The molecule has 0 saturated carbocycles. The summed E-state index contributed by atoms with van der Waals surface area (Å²) in [6.07, 6.45) is 1.43. The maximum atomic E-state index is 11.8. The quantitative estimate of drug-likeness (QED) is 0.618. The molecule has 0 saturated heterocycles. The van der Waals surface area contributed by atoms with Gasteiger partial charge in [0.05, 0.1) is 13.2 Å². The van der Waals surface area contributed by atoms with Gasteiger partial charge in [-0.2, -0.15) is 0 Å². The molecular formula is C17H24O4Si. The molecule has 1 heterocycles. The van der Waals surface area contributed by atoms with Crippen molar-refractivity contribution in [2.24, 2.45) is 0 Å². The number of benzene rings is 1. The van der Waals surface area contributed by atoms with Crippen LogP contribution in [-0.4, -0.2) is 21.4 Å². The summed E-state index contributed by atoms with van der Waals surface area (Å²) in [5.74, 6) is 0.345. The number of rotatable bonds is 3. The number of hydrogen-bond donors (Lipinski definition) is 0. The van der Waals surface area contributed by atoms with Crippen molar-refractivity contribution >= 4 is 14.3 Å². The minimum atomic E-state index is -1.99. The van der Waals surface area contributed by atoms with E-state index in [0.29, 0.717) is 5.75 Å². The lowest BCUT2D eigenvalue weighted by Crippen LogP contribution is -2.42. The third-order valence-electron chi connectivity index (χ3n) is 4.36. The van der Waals surface area contributed by atoms with Gasteiger partial charge in [0.15, 0.2) is 8.32 Å². The van der Waals surface area contributed by atoms with E-state index in [9.17, 15) is 4.79 Å². The highest BCUT2D eigenvalue weighted by Gasteiger charge is 2.40. The number of methoxy groups -OCH3 is 1. The van der Waals surface area contributed by atoms with Crippen molar-refractivity contribution in [3.63, 3.8) is 0 Å². The molecule has 0 N–H and O–H groups in total. The molecule has 1 aliphatic rings. The van der Waals surface area contributed by atoms with E-state index < -0.39 is 14.3 Å². The molecule has 0 aromatic heterocycles. The van der Waals surface area contributed by atoms with Crippen molar-refractivity contribution in [3.8, 4) is 5.75 Å². The molecule has 1 aromatic rings. The van der Waals surface area contributed by atoms with Gasteiger partial charge in [0.25, 0.3) is 0 Å². The summed E-state index contributed by atoms with van der Waals surface area (Å²) < 4.78 is 16.9. The topological polar surface area (TPSA) is 44.8 Å². The lowest BCUT2D eigenvalue weighted by molar-refractivity contribution is -0.138. The normalized spacial score (nSPS) is 18.1. The zero-order valence-corrected chi connectivity index (χ0v) is 15.1. The predicted molar refractivity (Wildman–Crippen MR) is 88.2 cm³/mol. The van der Waals surface area contributed by atoms with Gasteiger partial charge in [0.2, 0.25) is 5.76 Å². The van der Waals surface area contributed by atoms with E-state index in [1.54, 1.807) is 6.08 Å². The SMILES string of the molecule is COC(=O)C1=CC(O[Si](C)(C)C(C)(C)C)c2ccccc2O1. The Kier molecular flexibility index (Phi) is 4.49. The van der Waals surface area contributed by atoms with Crippen molar-refractivity contribution in [1.82, 2.24) is 0 Å². The van der Waals surface area contributed by atoms with Gasteiger partial charge in [-0.25, -0.2) is 4.79 Å². The van der Waals surface area contributed by atoms with Crippen molar-refractivity contribution in [2.45, 2.75) is 45.0 Å². The summed E-state index contributed by atoms with van der Waals surface area (Å²) in [5.41, 5.74) is 0.944. The molecule has 0 spiro atoms. The van der Waals surface area contributed by atoms with Crippen LogP contribution in [0.5, 0.6) is 5.75 Å². The highest BCUT2D eigenvalue weighted by molar-refractivity contribution is 6.74. The Bertz CT molecular complexity index is 599. The first-order chi connectivity index (χ1) is 10.2. The summed E-state index contributed by atoms with van der Waals surface area (Å²) in [7, 11) is -0.644. The molecule has 4 nitrogen and oxygen atoms in total. The summed E-state index contributed by atoms with van der Waals surface area (Å²) in [6.45, 7) is 11.0.